The van der Waals surface area contributed by atoms with Crippen LogP contribution in [0.5, 0.6) is 0 Å². The zero-order chi connectivity index (χ0) is 13.2. The number of rotatable bonds is 4. The van der Waals surface area contributed by atoms with Gasteiger partial charge in [0.25, 0.3) is 10.0 Å². The van der Waals surface area contributed by atoms with Crippen molar-refractivity contribution in [3.63, 3.8) is 0 Å². The van der Waals surface area contributed by atoms with Gasteiger partial charge in [-0.2, -0.15) is 0 Å². The lowest BCUT2D eigenvalue weighted by Crippen LogP contribution is -2.15. The summed E-state index contributed by atoms with van der Waals surface area (Å²) in [5.41, 5.74) is 2.54. The van der Waals surface area contributed by atoms with E-state index in [4.69, 9.17) is 5.11 Å². The summed E-state index contributed by atoms with van der Waals surface area (Å²) in [7, 11) is -3.70. The van der Waals surface area contributed by atoms with E-state index in [9.17, 15) is 8.42 Å². The molecule has 0 aliphatic rings. The van der Waals surface area contributed by atoms with Crippen LogP contribution in [0.1, 0.15) is 11.1 Å². The quantitative estimate of drug-likeness (QED) is 0.878. The molecule has 0 saturated carbocycles. The summed E-state index contributed by atoms with van der Waals surface area (Å²) < 4.78 is 26.6. The second kappa shape index (κ2) is 5.01. The van der Waals surface area contributed by atoms with Gasteiger partial charge in [0.1, 0.15) is 5.51 Å². The first kappa shape index (κ1) is 12.9. The molecular formula is C10H11N3O3S2. The fourth-order valence-electron chi connectivity index (χ4n) is 1.51. The van der Waals surface area contributed by atoms with Crippen LogP contribution in [0.4, 0.5) is 5.13 Å². The highest BCUT2D eigenvalue weighted by atomic mass is 32.2. The normalized spacial score (nSPS) is 11.4. The highest BCUT2D eigenvalue weighted by Gasteiger charge is 2.19. The van der Waals surface area contributed by atoms with E-state index in [-0.39, 0.29) is 16.6 Å². The predicted octanol–water partition coefficient (Wildman–Crippen LogP) is 1.14. The molecule has 0 atom stereocenters. The van der Waals surface area contributed by atoms with Crippen LogP contribution < -0.4 is 4.72 Å². The van der Waals surface area contributed by atoms with Crippen molar-refractivity contribution in [2.45, 2.75) is 18.4 Å². The first-order valence-corrected chi connectivity index (χ1v) is 7.39. The Morgan fingerprint density at radius 2 is 2.22 bits per heavy atom. The van der Waals surface area contributed by atoms with E-state index < -0.39 is 10.0 Å². The molecule has 0 saturated heterocycles. The minimum atomic E-state index is -3.70. The van der Waals surface area contributed by atoms with Gasteiger partial charge in [-0.25, -0.2) is 8.42 Å². The van der Waals surface area contributed by atoms with E-state index in [1.807, 2.05) is 0 Å². The van der Waals surface area contributed by atoms with Gasteiger partial charge >= 0.3 is 0 Å². The highest BCUT2D eigenvalue weighted by molar-refractivity contribution is 7.93. The maximum absolute atomic E-state index is 12.1. The molecule has 2 aromatic rings. The minimum Gasteiger partial charge on any atom is -0.392 e. The van der Waals surface area contributed by atoms with Crippen molar-refractivity contribution in [2.24, 2.45) is 0 Å². The maximum Gasteiger partial charge on any atom is 0.263 e. The number of sulfonamides is 1. The Hall–Kier alpha value is -1.51. The molecule has 18 heavy (non-hydrogen) atoms. The lowest BCUT2D eigenvalue weighted by Gasteiger charge is -2.10. The van der Waals surface area contributed by atoms with E-state index in [2.05, 4.69) is 14.9 Å². The second-order valence-corrected chi connectivity index (χ2v) is 6.03. The number of nitrogens with zero attached hydrogens (tertiary/aromatic N) is 2. The molecule has 0 bridgehead atoms. The third-order valence-electron chi connectivity index (χ3n) is 2.44. The lowest BCUT2D eigenvalue weighted by atomic mass is 10.1. The van der Waals surface area contributed by atoms with Crippen LogP contribution in [-0.4, -0.2) is 23.7 Å². The molecule has 96 valence electrons. The Labute approximate surface area is 108 Å². The Balaban J connectivity index is 2.42. The minimum absolute atomic E-state index is 0.129. The summed E-state index contributed by atoms with van der Waals surface area (Å²) >= 11 is 1.10. The number of nitrogens with one attached hydrogen (secondary N) is 1. The van der Waals surface area contributed by atoms with Crippen LogP contribution in [0.3, 0.4) is 0 Å². The number of aliphatic hydroxyl groups is 1. The molecule has 0 radical (unpaired) electrons. The molecule has 0 unspecified atom stereocenters. The van der Waals surface area contributed by atoms with Gasteiger partial charge in [-0.1, -0.05) is 23.5 Å². The van der Waals surface area contributed by atoms with E-state index in [0.29, 0.717) is 11.1 Å². The molecule has 0 aliphatic heterocycles. The third-order valence-corrected chi connectivity index (χ3v) is 4.66. The molecule has 1 aromatic carbocycles. The second-order valence-electron chi connectivity index (χ2n) is 3.55. The summed E-state index contributed by atoms with van der Waals surface area (Å²) in [6.07, 6.45) is 0. The van der Waals surface area contributed by atoms with Crippen LogP contribution in [0.25, 0.3) is 0 Å². The van der Waals surface area contributed by atoms with E-state index in [1.54, 1.807) is 19.1 Å². The number of hydrogen-bond acceptors (Lipinski definition) is 6. The van der Waals surface area contributed by atoms with Gasteiger partial charge < -0.3 is 5.11 Å². The van der Waals surface area contributed by atoms with Crippen molar-refractivity contribution in [3.05, 3.63) is 34.8 Å². The SMILES string of the molecule is Cc1c(CO)cccc1S(=O)(=O)Nc1nncs1. The topological polar surface area (TPSA) is 92.2 Å². The van der Waals surface area contributed by atoms with Gasteiger partial charge in [-0.15, -0.1) is 10.2 Å². The Morgan fingerprint density at radius 3 is 2.83 bits per heavy atom. The van der Waals surface area contributed by atoms with Crippen molar-refractivity contribution < 1.29 is 13.5 Å². The Bertz CT molecular complexity index is 638. The fraction of sp³-hybridized carbons (Fsp3) is 0.200. The van der Waals surface area contributed by atoms with Crippen molar-refractivity contribution in [1.29, 1.82) is 0 Å². The van der Waals surface area contributed by atoms with Gasteiger partial charge in [-0.05, 0) is 24.1 Å². The smallest absolute Gasteiger partial charge is 0.263 e. The third kappa shape index (κ3) is 2.50. The molecule has 1 aromatic heterocycles. The average Bonchev–Trinajstić information content (AvgIpc) is 2.81. The largest absolute Gasteiger partial charge is 0.392 e. The molecule has 8 heteroatoms. The van der Waals surface area contributed by atoms with E-state index >= 15 is 0 Å². The zero-order valence-corrected chi connectivity index (χ0v) is 11.1. The fourth-order valence-corrected chi connectivity index (χ4v) is 3.49. The van der Waals surface area contributed by atoms with Crippen LogP contribution >= 0.6 is 11.3 Å². The van der Waals surface area contributed by atoms with E-state index in [0.717, 1.165) is 11.3 Å². The van der Waals surface area contributed by atoms with Gasteiger partial charge in [0.15, 0.2) is 0 Å². The van der Waals surface area contributed by atoms with Gasteiger partial charge in [0.2, 0.25) is 5.13 Å². The molecular weight excluding hydrogens is 274 g/mol. The van der Waals surface area contributed by atoms with Crippen molar-refractivity contribution >= 4 is 26.5 Å². The predicted molar refractivity (Wildman–Crippen MR) is 67.8 cm³/mol. The molecule has 6 nitrogen and oxygen atoms in total. The zero-order valence-electron chi connectivity index (χ0n) is 9.49. The molecule has 2 N–H and O–H groups in total. The molecule has 0 spiro atoms. The molecule has 2 rings (SSSR count). The van der Waals surface area contributed by atoms with Gasteiger partial charge in [0.05, 0.1) is 11.5 Å². The number of aliphatic hydroxyl groups excluding tert-OH is 1. The lowest BCUT2D eigenvalue weighted by molar-refractivity contribution is 0.280. The summed E-state index contributed by atoms with van der Waals surface area (Å²) in [6, 6.07) is 4.75. The van der Waals surface area contributed by atoms with Gasteiger partial charge in [-0.3, -0.25) is 4.72 Å². The summed E-state index contributed by atoms with van der Waals surface area (Å²) in [4.78, 5) is 0.129. The van der Waals surface area contributed by atoms with Crippen LogP contribution in [0.15, 0.2) is 28.6 Å². The Morgan fingerprint density at radius 1 is 1.44 bits per heavy atom. The summed E-state index contributed by atoms with van der Waals surface area (Å²) in [5.74, 6) is 0. The van der Waals surface area contributed by atoms with Crippen LogP contribution in [0.2, 0.25) is 0 Å². The van der Waals surface area contributed by atoms with Crippen molar-refractivity contribution in [3.8, 4) is 0 Å². The standard InChI is InChI=1S/C10H11N3O3S2/c1-7-8(5-14)3-2-4-9(7)18(15,16)13-10-12-11-6-17-10/h2-4,6,14H,5H2,1H3,(H,12,13). The van der Waals surface area contributed by atoms with Crippen molar-refractivity contribution in [2.75, 3.05) is 4.72 Å². The van der Waals surface area contributed by atoms with Crippen molar-refractivity contribution in [1.82, 2.24) is 10.2 Å². The number of aromatic nitrogens is 2. The maximum atomic E-state index is 12.1. The summed E-state index contributed by atoms with van der Waals surface area (Å²) in [6.45, 7) is 1.45. The van der Waals surface area contributed by atoms with Crippen LogP contribution in [0, 0.1) is 6.92 Å². The van der Waals surface area contributed by atoms with E-state index in [1.165, 1.54) is 11.6 Å². The molecule has 1 heterocycles. The first-order valence-electron chi connectivity index (χ1n) is 5.03. The Kier molecular flexibility index (Phi) is 3.60. The number of anilines is 1. The van der Waals surface area contributed by atoms with Gasteiger partial charge in [0, 0.05) is 0 Å². The monoisotopic (exact) mass is 285 g/mol. The first-order chi connectivity index (χ1) is 8.54. The molecule has 0 fully saturated rings. The molecule has 0 amide bonds. The number of benzene rings is 1. The van der Waals surface area contributed by atoms with Crippen LogP contribution in [-0.2, 0) is 16.6 Å². The summed E-state index contributed by atoms with van der Waals surface area (Å²) in [5, 5.41) is 16.5. The highest BCUT2D eigenvalue weighted by Crippen LogP contribution is 2.22. The average molecular weight is 285 g/mol. The molecule has 0 aliphatic carbocycles. The number of hydrogen-bond donors (Lipinski definition) is 2.